The van der Waals surface area contributed by atoms with Gasteiger partial charge in [0.05, 0.1) is 0 Å². The number of benzene rings is 4. The van der Waals surface area contributed by atoms with Crippen molar-refractivity contribution < 1.29 is 23.4 Å². The third-order valence-corrected chi connectivity index (χ3v) is 6.73. The average Bonchev–Trinajstić information content (AvgIpc) is 3.62. The number of anilines is 2. The van der Waals surface area contributed by atoms with Crippen LogP contribution in [0.5, 0.6) is 11.5 Å². The topological polar surface area (TPSA) is 119 Å². The van der Waals surface area contributed by atoms with E-state index in [1.165, 1.54) is 0 Å². The van der Waals surface area contributed by atoms with Gasteiger partial charge in [0, 0.05) is 22.5 Å². The summed E-state index contributed by atoms with van der Waals surface area (Å²) >= 11 is 0. The number of ether oxygens (including phenoxy) is 1. The summed E-state index contributed by atoms with van der Waals surface area (Å²) < 4.78 is 16.6. The Bertz CT molecular complexity index is 1740. The number of amides is 2. The van der Waals surface area contributed by atoms with Gasteiger partial charge in [-0.1, -0.05) is 71.0 Å². The first-order chi connectivity index (χ1) is 21.0. The van der Waals surface area contributed by atoms with Gasteiger partial charge in [-0.25, -0.2) is 0 Å². The molecule has 212 valence electrons. The van der Waals surface area contributed by atoms with Crippen molar-refractivity contribution in [3.8, 4) is 34.0 Å². The van der Waals surface area contributed by atoms with Crippen LogP contribution in [0.25, 0.3) is 22.5 Å². The van der Waals surface area contributed by atoms with E-state index in [1.807, 2.05) is 60.7 Å². The largest absolute Gasteiger partial charge is 0.457 e. The third kappa shape index (κ3) is 5.91. The van der Waals surface area contributed by atoms with E-state index in [1.54, 1.807) is 62.4 Å². The SMILES string of the molecule is Cc1onc(-c2ccccc2)c1C(=O)Nc1ccc(Oc2ccc(NC(=O)c3c(-c4ccccc4)noc3C)cc2)cc1. The van der Waals surface area contributed by atoms with E-state index in [-0.39, 0.29) is 11.8 Å². The van der Waals surface area contributed by atoms with Crippen molar-refractivity contribution in [3.63, 3.8) is 0 Å². The summed E-state index contributed by atoms with van der Waals surface area (Å²) in [5.74, 6) is 1.39. The fourth-order valence-electron chi connectivity index (χ4n) is 4.60. The number of aryl methyl sites for hydroxylation is 2. The maximum atomic E-state index is 13.1. The fraction of sp³-hybridized carbons (Fsp3) is 0.0588. The summed E-state index contributed by atoms with van der Waals surface area (Å²) in [6.07, 6.45) is 0. The van der Waals surface area contributed by atoms with E-state index in [0.29, 0.717) is 56.9 Å². The molecule has 0 unspecified atom stereocenters. The molecule has 2 aromatic heterocycles. The molecular formula is C34H26N4O5. The Balaban J connectivity index is 1.09. The number of nitrogens with one attached hydrogen (secondary N) is 2. The van der Waals surface area contributed by atoms with E-state index in [4.69, 9.17) is 13.8 Å². The number of carbonyl (C=O) groups is 2. The zero-order chi connectivity index (χ0) is 29.8. The lowest BCUT2D eigenvalue weighted by Crippen LogP contribution is -2.13. The Morgan fingerprint density at radius 3 is 1.30 bits per heavy atom. The third-order valence-electron chi connectivity index (χ3n) is 6.73. The van der Waals surface area contributed by atoms with Gasteiger partial charge in [0.2, 0.25) is 0 Å². The molecule has 4 aromatic carbocycles. The first-order valence-electron chi connectivity index (χ1n) is 13.5. The molecule has 9 nitrogen and oxygen atoms in total. The van der Waals surface area contributed by atoms with Gasteiger partial charge in [0.25, 0.3) is 11.8 Å². The second-order valence-corrected chi connectivity index (χ2v) is 9.72. The first kappa shape index (κ1) is 27.2. The number of aromatic nitrogens is 2. The van der Waals surface area contributed by atoms with Gasteiger partial charge >= 0.3 is 0 Å². The van der Waals surface area contributed by atoms with Crippen molar-refractivity contribution in [2.45, 2.75) is 13.8 Å². The lowest BCUT2D eigenvalue weighted by atomic mass is 10.1. The molecule has 0 aliphatic heterocycles. The summed E-state index contributed by atoms with van der Waals surface area (Å²) in [5, 5.41) is 13.9. The maximum absolute atomic E-state index is 13.1. The number of nitrogens with zero attached hydrogens (tertiary/aromatic N) is 2. The standard InChI is InChI=1S/C34H26N4O5/c1-21-29(31(37-42-21)23-9-5-3-6-10-23)33(39)35-25-13-17-27(18-14-25)41-28-19-15-26(16-20-28)36-34(40)30-22(2)43-38-32(30)24-11-7-4-8-12-24/h3-20H,1-2H3,(H,35,39)(H,36,40). The van der Waals surface area contributed by atoms with Gasteiger partial charge in [-0.15, -0.1) is 0 Å². The molecular weight excluding hydrogens is 544 g/mol. The molecule has 0 radical (unpaired) electrons. The molecule has 43 heavy (non-hydrogen) atoms. The minimum Gasteiger partial charge on any atom is -0.457 e. The molecule has 2 N–H and O–H groups in total. The van der Waals surface area contributed by atoms with Gasteiger partial charge in [0.15, 0.2) is 0 Å². The Labute approximate surface area is 247 Å². The number of carbonyl (C=O) groups excluding carboxylic acids is 2. The Morgan fingerprint density at radius 2 is 0.930 bits per heavy atom. The molecule has 2 amide bonds. The Hall–Kier alpha value is -5.96. The summed E-state index contributed by atoms with van der Waals surface area (Å²) in [6.45, 7) is 3.42. The van der Waals surface area contributed by atoms with Crippen LogP contribution in [0.4, 0.5) is 11.4 Å². The molecule has 0 aliphatic carbocycles. The van der Waals surface area contributed by atoms with E-state index in [2.05, 4.69) is 20.9 Å². The molecule has 0 fully saturated rings. The zero-order valence-corrected chi connectivity index (χ0v) is 23.3. The van der Waals surface area contributed by atoms with Crippen molar-refractivity contribution >= 4 is 23.2 Å². The summed E-state index contributed by atoms with van der Waals surface area (Å²) in [4.78, 5) is 26.2. The summed E-state index contributed by atoms with van der Waals surface area (Å²) in [6, 6.07) is 32.8. The molecule has 2 heterocycles. The van der Waals surface area contributed by atoms with E-state index in [0.717, 1.165) is 11.1 Å². The van der Waals surface area contributed by atoms with Crippen LogP contribution in [0.1, 0.15) is 32.2 Å². The van der Waals surface area contributed by atoms with Crippen molar-refractivity contribution in [2.24, 2.45) is 0 Å². The van der Waals surface area contributed by atoms with Crippen molar-refractivity contribution in [2.75, 3.05) is 10.6 Å². The highest BCUT2D eigenvalue weighted by atomic mass is 16.5. The van der Waals surface area contributed by atoms with Crippen molar-refractivity contribution in [3.05, 3.63) is 132 Å². The molecule has 0 saturated carbocycles. The van der Waals surface area contributed by atoms with Crippen LogP contribution < -0.4 is 15.4 Å². The van der Waals surface area contributed by atoms with Crippen LogP contribution in [0.2, 0.25) is 0 Å². The molecule has 0 aliphatic rings. The number of hydrogen-bond acceptors (Lipinski definition) is 7. The predicted octanol–water partition coefficient (Wildman–Crippen LogP) is 7.91. The molecule has 0 bridgehead atoms. The first-order valence-corrected chi connectivity index (χ1v) is 13.5. The average molecular weight is 571 g/mol. The highest BCUT2D eigenvalue weighted by molar-refractivity contribution is 6.09. The van der Waals surface area contributed by atoms with Crippen LogP contribution >= 0.6 is 0 Å². The smallest absolute Gasteiger partial charge is 0.261 e. The Kier molecular flexibility index (Phi) is 7.52. The molecule has 6 aromatic rings. The minimum absolute atomic E-state index is 0.318. The number of rotatable bonds is 8. The van der Waals surface area contributed by atoms with Crippen LogP contribution in [-0.2, 0) is 0 Å². The highest BCUT2D eigenvalue weighted by Gasteiger charge is 2.23. The Morgan fingerprint density at radius 1 is 0.558 bits per heavy atom. The van der Waals surface area contributed by atoms with Gasteiger partial charge in [-0.2, -0.15) is 0 Å². The second-order valence-electron chi connectivity index (χ2n) is 9.72. The van der Waals surface area contributed by atoms with E-state index < -0.39 is 0 Å². The van der Waals surface area contributed by atoms with Gasteiger partial charge in [-0.05, 0) is 62.4 Å². The van der Waals surface area contributed by atoms with Crippen LogP contribution in [0.15, 0.2) is 118 Å². The van der Waals surface area contributed by atoms with Crippen LogP contribution in [-0.4, -0.2) is 22.1 Å². The zero-order valence-electron chi connectivity index (χ0n) is 23.3. The molecule has 0 spiro atoms. The second kappa shape index (κ2) is 11.9. The number of hydrogen-bond donors (Lipinski definition) is 2. The van der Waals surface area contributed by atoms with Crippen molar-refractivity contribution in [1.29, 1.82) is 0 Å². The lowest BCUT2D eigenvalue weighted by Gasteiger charge is -2.10. The molecule has 6 rings (SSSR count). The van der Waals surface area contributed by atoms with Gasteiger partial charge in [-0.3, -0.25) is 9.59 Å². The predicted molar refractivity (Wildman–Crippen MR) is 162 cm³/mol. The molecule has 9 heteroatoms. The normalized spacial score (nSPS) is 10.7. The highest BCUT2D eigenvalue weighted by Crippen LogP contribution is 2.29. The van der Waals surface area contributed by atoms with Crippen molar-refractivity contribution in [1.82, 2.24) is 10.3 Å². The fourth-order valence-corrected chi connectivity index (χ4v) is 4.60. The maximum Gasteiger partial charge on any atom is 0.261 e. The van der Waals surface area contributed by atoms with Gasteiger partial charge < -0.3 is 24.4 Å². The molecule has 0 atom stereocenters. The monoisotopic (exact) mass is 570 g/mol. The molecule has 0 saturated heterocycles. The van der Waals surface area contributed by atoms with Crippen LogP contribution in [0, 0.1) is 13.8 Å². The lowest BCUT2D eigenvalue weighted by molar-refractivity contribution is 0.101. The van der Waals surface area contributed by atoms with Crippen LogP contribution in [0.3, 0.4) is 0 Å². The summed E-state index contributed by atoms with van der Waals surface area (Å²) in [5.41, 5.74) is 4.52. The minimum atomic E-state index is -0.318. The summed E-state index contributed by atoms with van der Waals surface area (Å²) in [7, 11) is 0. The van der Waals surface area contributed by atoms with E-state index >= 15 is 0 Å². The quantitative estimate of drug-likeness (QED) is 0.191. The van der Waals surface area contributed by atoms with E-state index in [9.17, 15) is 9.59 Å². The van der Waals surface area contributed by atoms with Gasteiger partial charge in [0.1, 0.15) is 45.5 Å².